The van der Waals surface area contributed by atoms with Crippen molar-refractivity contribution in [2.75, 3.05) is 35.2 Å². The van der Waals surface area contributed by atoms with E-state index in [9.17, 15) is 22.0 Å². The summed E-state index contributed by atoms with van der Waals surface area (Å²) in [5.74, 6) is -1.78. The highest BCUT2D eigenvalue weighted by atomic mass is 32.2. The molecule has 1 aromatic carbocycles. The van der Waals surface area contributed by atoms with Gasteiger partial charge in [-0.2, -0.15) is 5.10 Å². The lowest BCUT2D eigenvalue weighted by molar-refractivity contribution is 0.567. The van der Waals surface area contributed by atoms with Crippen LogP contribution in [-0.4, -0.2) is 52.8 Å². The summed E-state index contributed by atoms with van der Waals surface area (Å²) in [6, 6.07) is 6.76. The summed E-state index contributed by atoms with van der Waals surface area (Å²) in [6.45, 7) is 0.726. The minimum Gasteiger partial charge on any atom is -0.382 e. The predicted octanol–water partition coefficient (Wildman–Crippen LogP) is 1.87. The molecule has 4 aromatic rings. The minimum absolute atomic E-state index is 0.0118. The number of nitrogen functional groups attached to an aromatic ring is 1. The van der Waals surface area contributed by atoms with Crippen molar-refractivity contribution in [3.05, 3.63) is 64.7 Å². The van der Waals surface area contributed by atoms with Crippen LogP contribution in [0.4, 0.5) is 20.3 Å². The van der Waals surface area contributed by atoms with E-state index in [0.29, 0.717) is 24.3 Å². The van der Waals surface area contributed by atoms with Gasteiger partial charge in [-0.1, -0.05) is 6.07 Å². The van der Waals surface area contributed by atoms with Crippen molar-refractivity contribution in [3.63, 3.8) is 0 Å². The van der Waals surface area contributed by atoms with Crippen molar-refractivity contribution in [1.29, 1.82) is 0 Å². The smallest absolute Gasteiger partial charge is 0.268 e. The van der Waals surface area contributed by atoms with Gasteiger partial charge in [-0.15, -0.1) is 0 Å². The van der Waals surface area contributed by atoms with Crippen molar-refractivity contribution < 1.29 is 17.2 Å². The van der Waals surface area contributed by atoms with E-state index in [1.54, 1.807) is 18.3 Å². The second kappa shape index (κ2) is 7.66. The Kier molecular flexibility index (Phi) is 4.89. The van der Waals surface area contributed by atoms with Crippen LogP contribution in [0.3, 0.4) is 0 Å². The maximum Gasteiger partial charge on any atom is 0.268 e. The van der Waals surface area contributed by atoms with Gasteiger partial charge >= 0.3 is 0 Å². The fraction of sp³-hybridized carbons (Fsp3) is 0.190. The van der Waals surface area contributed by atoms with E-state index >= 15 is 0 Å². The number of fused-ring (bicyclic) bond motifs is 1. The SMILES string of the molecule is Nc1n[nH]c2c(-c3ccc(N4CCS(=O)(=O)CC4)cn3)cn(-c3c(F)cccc3F)c(=O)c12. The first-order valence-corrected chi connectivity index (χ1v) is 11.8. The minimum atomic E-state index is -3.02. The number of halogens is 2. The Hall–Kier alpha value is -3.80. The molecule has 0 aliphatic carbocycles. The standard InChI is InChI=1S/C21H18F2N6O3S/c22-14-2-1-3-15(23)19(14)29-11-13(18-17(21(29)30)20(24)27-26-18)16-5-4-12(10-25-16)28-6-8-33(31,32)9-7-28/h1-5,10-11H,6-9H2,(H3,24,26,27). The summed E-state index contributed by atoms with van der Waals surface area (Å²) in [6.07, 6.45) is 2.87. The fourth-order valence-corrected chi connectivity index (χ4v) is 5.12. The molecule has 0 radical (unpaired) electrons. The number of H-pyrrole nitrogens is 1. The van der Waals surface area contributed by atoms with Crippen molar-refractivity contribution in [2.24, 2.45) is 0 Å². The molecule has 9 nitrogen and oxygen atoms in total. The molecule has 0 atom stereocenters. The van der Waals surface area contributed by atoms with Gasteiger partial charge in [0.25, 0.3) is 5.56 Å². The lowest BCUT2D eigenvalue weighted by atomic mass is 10.1. The third kappa shape index (κ3) is 3.61. The van der Waals surface area contributed by atoms with Crippen LogP contribution < -0.4 is 16.2 Å². The molecule has 170 valence electrons. The molecular formula is C21H18F2N6O3S. The Balaban J connectivity index is 1.63. The van der Waals surface area contributed by atoms with Gasteiger partial charge in [0.05, 0.1) is 34.6 Å². The molecule has 1 saturated heterocycles. The third-order valence-corrected chi connectivity index (χ3v) is 7.28. The Labute approximate surface area is 186 Å². The predicted molar refractivity (Wildman–Crippen MR) is 120 cm³/mol. The van der Waals surface area contributed by atoms with Crippen LogP contribution in [0.2, 0.25) is 0 Å². The highest BCUT2D eigenvalue weighted by Crippen LogP contribution is 2.29. The van der Waals surface area contributed by atoms with Crippen molar-refractivity contribution >= 4 is 32.2 Å². The Morgan fingerprint density at radius 1 is 1.06 bits per heavy atom. The summed E-state index contributed by atoms with van der Waals surface area (Å²) < 4.78 is 53.2. The first-order chi connectivity index (χ1) is 15.7. The topological polar surface area (TPSA) is 127 Å². The van der Waals surface area contributed by atoms with Crippen LogP contribution in [0.5, 0.6) is 0 Å². The van der Waals surface area contributed by atoms with Gasteiger partial charge in [-0.3, -0.25) is 19.4 Å². The molecule has 4 heterocycles. The molecule has 1 aliphatic heterocycles. The van der Waals surface area contributed by atoms with Gasteiger partial charge in [0.15, 0.2) is 15.7 Å². The molecule has 5 rings (SSSR count). The second-order valence-electron chi connectivity index (χ2n) is 7.69. The number of anilines is 2. The zero-order valence-corrected chi connectivity index (χ0v) is 17.9. The Morgan fingerprint density at radius 3 is 2.39 bits per heavy atom. The first kappa shape index (κ1) is 21.1. The number of aromatic nitrogens is 4. The van der Waals surface area contributed by atoms with E-state index in [2.05, 4.69) is 15.2 Å². The molecule has 1 fully saturated rings. The number of benzene rings is 1. The zero-order valence-electron chi connectivity index (χ0n) is 17.1. The van der Waals surface area contributed by atoms with Crippen LogP contribution in [0.1, 0.15) is 0 Å². The van der Waals surface area contributed by atoms with E-state index in [-0.39, 0.29) is 28.2 Å². The lowest BCUT2D eigenvalue weighted by Crippen LogP contribution is -2.40. The van der Waals surface area contributed by atoms with E-state index in [0.717, 1.165) is 22.4 Å². The Morgan fingerprint density at radius 2 is 1.76 bits per heavy atom. The highest BCUT2D eigenvalue weighted by Gasteiger charge is 2.23. The van der Waals surface area contributed by atoms with Crippen LogP contribution in [0.15, 0.2) is 47.5 Å². The van der Waals surface area contributed by atoms with E-state index in [4.69, 9.17) is 5.73 Å². The van der Waals surface area contributed by atoms with Gasteiger partial charge in [-0.05, 0) is 24.3 Å². The molecule has 33 heavy (non-hydrogen) atoms. The molecule has 1 aliphatic rings. The lowest BCUT2D eigenvalue weighted by Gasteiger charge is -2.28. The van der Waals surface area contributed by atoms with Gasteiger partial charge < -0.3 is 10.6 Å². The molecule has 3 N–H and O–H groups in total. The highest BCUT2D eigenvalue weighted by molar-refractivity contribution is 7.91. The van der Waals surface area contributed by atoms with Crippen LogP contribution in [0.25, 0.3) is 27.8 Å². The number of pyridine rings is 2. The first-order valence-electron chi connectivity index (χ1n) is 10.0. The second-order valence-corrected chi connectivity index (χ2v) is 9.99. The normalized spacial score (nSPS) is 15.8. The molecule has 12 heteroatoms. The number of hydrogen-bond donors (Lipinski definition) is 2. The van der Waals surface area contributed by atoms with E-state index < -0.39 is 32.7 Å². The average Bonchev–Trinajstić information content (AvgIpc) is 3.17. The number of para-hydroxylation sites is 1. The summed E-state index contributed by atoms with van der Waals surface area (Å²) in [7, 11) is -3.02. The fourth-order valence-electron chi connectivity index (χ4n) is 3.92. The van der Waals surface area contributed by atoms with E-state index in [1.165, 1.54) is 12.3 Å². The van der Waals surface area contributed by atoms with Gasteiger partial charge in [0.2, 0.25) is 0 Å². The van der Waals surface area contributed by atoms with Crippen molar-refractivity contribution in [3.8, 4) is 16.9 Å². The van der Waals surface area contributed by atoms with E-state index in [1.807, 2.05) is 4.90 Å². The van der Waals surface area contributed by atoms with Crippen LogP contribution >= 0.6 is 0 Å². The van der Waals surface area contributed by atoms with Gasteiger partial charge in [0.1, 0.15) is 22.7 Å². The molecule has 0 spiro atoms. The molecule has 0 saturated carbocycles. The molecular weight excluding hydrogens is 454 g/mol. The number of nitrogens with two attached hydrogens (primary N) is 1. The number of nitrogens with zero attached hydrogens (tertiary/aromatic N) is 4. The number of hydrogen-bond acceptors (Lipinski definition) is 7. The zero-order chi connectivity index (χ0) is 23.3. The molecule has 0 bridgehead atoms. The third-order valence-electron chi connectivity index (χ3n) is 5.67. The molecule has 0 unspecified atom stereocenters. The van der Waals surface area contributed by atoms with Gasteiger partial charge in [-0.25, -0.2) is 17.2 Å². The molecule has 0 amide bonds. The Bertz CT molecular complexity index is 1510. The summed E-state index contributed by atoms with van der Waals surface area (Å²) in [4.78, 5) is 19.4. The summed E-state index contributed by atoms with van der Waals surface area (Å²) in [5, 5.41) is 6.57. The van der Waals surface area contributed by atoms with Gasteiger partial charge in [0, 0.05) is 24.8 Å². The largest absolute Gasteiger partial charge is 0.382 e. The quantitative estimate of drug-likeness (QED) is 0.466. The number of aromatic amines is 1. The maximum atomic E-state index is 14.5. The summed E-state index contributed by atoms with van der Waals surface area (Å²) >= 11 is 0. The number of nitrogens with one attached hydrogen (secondary N) is 1. The molecule has 3 aromatic heterocycles. The maximum absolute atomic E-state index is 14.5. The number of rotatable bonds is 3. The van der Waals surface area contributed by atoms with Crippen LogP contribution in [0, 0.1) is 11.6 Å². The monoisotopic (exact) mass is 472 g/mol. The van der Waals surface area contributed by atoms with Crippen molar-refractivity contribution in [2.45, 2.75) is 0 Å². The summed E-state index contributed by atoms with van der Waals surface area (Å²) in [5.41, 5.74) is 6.41. The number of sulfone groups is 1. The van der Waals surface area contributed by atoms with Crippen molar-refractivity contribution in [1.82, 2.24) is 19.7 Å². The average molecular weight is 472 g/mol. The van der Waals surface area contributed by atoms with Crippen LogP contribution in [-0.2, 0) is 9.84 Å².